The third kappa shape index (κ3) is 4.06. The van der Waals surface area contributed by atoms with Crippen molar-refractivity contribution in [2.24, 2.45) is 11.3 Å². The molecule has 5 heteroatoms. The summed E-state index contributed by atoms with van der Waals surface area (Å²) in [6, 6.07) is 0.829. The van der Waals surface area contributed by atoms with Crippen molar-refractivity contribution in [2.45, 2.75) is 58.5 Å². The molecule has 120 valence electrons. The Kier molecular flexibility index (Phi) is 5.96. The highest BCUT2D eigenvalue weighted by atomic mass is 16.4. The van der Waals surface area contributed by atoms with E-state index < -0.39 is 17.4 Å². The molecule has 1 rings (SSSR count). The predicted molar refractivity (Wildman–Crippen MR) is 81.2 cm³/mol. The number of piperidine rings is 1. The van der Waals surface area contributed by atoms with Gasteiger partial charge in [-0.2, -0.15) is 0 Å². The molecular formula is C16H27NO4. The van der Waals surface area contributed by atoms with E-state index in [9.17, 15) is 9.59 Å². The van der Waals surface area contributed by atoms with Gasteiger partial charge in [-0.05, 0) is 58.9 Å². The molecule has 1 aliphatic heterocycles. The van der Waals surface area contributed by atoms with E-state index >= 15 is 0 Å². The van der Waals surface area contributed by atoms with Gasteiger partial charge in [0.25, 0.3) is 0 Å². The molecule has 5 nitrogen and oxygen atoms in total. The number of nitrogens with zero attached hydrogens (tertiary/aromatic N) is 1. The maximum Gasteiger partial charge on any atom is 0.320 e. The van der Waals surface area contributed by atoms with Crippen LogP contribution in [0.3, 0.4) is 0 Å². The second-order valence-electron chi connectivity index (χ2n) is 6.45. The predicted octanol–water partition coefficient (Wildman–Crippen LogP) is 2.62. The first kappa shape index (κ1) is 17.7. The monoisotopic (exact) mass is 297 g/mol. The first-order valence-electron chi connectivity index (χ1n) is 7.57. The van der Waals surface area contributed by atoms with Crippen molar-refractivity contribution in [1.82, 2.24) is 4.90 Å². The standard InChI is InChI=1S/C16H27NO4/c1-5-13-9-11(2)17(12(3)10-13)8-6-7-16(4,14(18)19)15(20)21/h5,11-13H,1,6-10H2,2-4H3,(H,18,19)(H,20,21). The summed E-state index contributed by atoms with van der Waals surface area (Å²) in [5.74, 6) is -1.99. The molecule has 0 amide bonds. The molecule has 0 spiro atoms. The average Bonchev–Trinajstić information content (AvgIpc) is 2.40. The second kappa shape index (κ2) is 7.07. The van der Waals surface area contributed by atoms with Crippen molar-refractivity contribution in [1.29, 1.82) is 0 Å². The molecule has 0 saturated carbocycles. The summed E-state index contributed by atoms with van der Waals surface area (Å²) in [6.45, 7) is 10.2. The minimum absolute atomic E-state index is 0.151. The van der Waals surface area contributed by atoms with E-state index in [1.54, 1.807) is 0 Å². The van der Waals surface area contributed by atoms with Crippen molar-refractivity contribution in [3.05, 3.63) is 12.7 Å². The molecule has 2 unspecified atom stereocenters. The van der Waals surface area contributed by atoms with Crippen LogP contribution in [-0.2, 0) is 9.59 Å². The van der Waals surface area contributed by atoms with E-state index in [0.717, 1.165) is 19.4 Å². The van der Waals surface area contributed by atoms with Crippen LogP contribution in [0.1, 0.15) is 46.5 Å². The number of aliphatic carboxylic acids is 2. The van der Waals surface area contributed by atoms with E-state index in [1.165, 1.54) is 6.92 Å². The van der Waals surface area contributed by atoms with Crippen molar-refractivity contribution in [3.63, 3.8) is 0 Å². The molecule has 0 aromatic carbocycles. The number of carboxylic acid groups (broad SMARTS) is 2. The lowest BCUT2D eigenvalue weighted by Crippen LogP contribution is -2.47. The van der Waals surface area contributed by atoms with Crippen LogP contribution in [0.2, 0.25) is 0 Å². The lowest BCUT2D eigenvalue weighted by molar-refractivity contribution is -0.163. The Labute approximate surface area is 126 Å². The molecule has 1 saturated heterocycles. The van der Waals surface area contributed by atoms with Gasteiger partial charge in [0, 0.05) is 12.1 Å². The van der Waals surface area contributed by atoms with Gasteiger partial charge < -0.3 is 10.2 Å². The first-order chi connectivity index (χ1) is 9.72. The van der Waals surface area contributed by atoms with Gasteiger partial charge in [0.15, 0.2) is 5.41 Å². The Morgan fingerprint density at radius 1 is 1.24 bits per heavy atom. The number of rotatable bonds is 7. The molecule has 0 bridgehead atoms. The van der Waals surface area contributed by atoms with Crippen molar-refractivity contribution < 1.29 is 19.8 Å². The Bertz CT molecular complexity index is 381. The Balaban J connectivity index is 2.57. The van der Waals surface area contributed by atoms with Crippen molar-refractivity contribution >= 4 is 11.9 Å². The normalized spacial score (nSPS) is 27.3. The molecule has 21 heavy (non-hydrogen) atoms. The first-order valence-corrected chi connectivity index (χ1v) is 7.57. The highest BCUT2D eigenvalue weighted by Gasteiger charge is 2.41. The molecule has 0 radical (unpaired) electrons. The minimum atomic E-state index is -1.69. The van der Waals surface area contributed by atoms with Gasteiger partial charge in [0.1, 0.15) is 0 Å². The van der Waals surface area contributed by atoms with Gasteiger partial charge >= 0.3 is 11.9 Å². The van der Waals surface area contributed by atoms with E-state index in [0.29, 0.717) is 24.4 Å². The molecule has 1 aliphatic rings. The highest BCUT2D eigenvalue weighted by molar-refractivity contribution is 5.97. The minimum Gasteiger partial charge on any atom is -0.480 e. The maximum atomic E-state index is 11.1. The van der Waals surface area contributed by atoms with Gasteiger partial charge in [0.05, 0.1) is 0 Å². The van der Waals surface area contributed by atoms with E-state index in [4.69, 9.17) is 10.2 Å². The van der Waals surface area contributed by atoms with Crippen LogP contribution in [-0.4, -0.2) is 45.7 Å². The zero-order valence-corrected chi connectivity index (χ0v) is 13.2. The summed E-state index contributed by atoms with van der Waals surface area (Å²) < 4.78 is 0. The number of allylic oxidation sites excluding steroid dienone is 1. The number of likely N-dealkylation sites (tertiary alicyclic amines) is 1. The number of carboxylic acids is 2. The van der Waals surface area contributed by atoms with Gasteiger partial charge in [-0.25, -0.2) is 0 Å². The van der Waals surface area contributed by atoms with Gasteiger partial charge in [-0.1, -0.05) is 6.08 Å². The van der Waals surface area contributed by atoms with E-state index in [2.05, 4.69) is 25.3 Å². The molecule has 1 heterocycles. The summed E-state index contributed by atoms with van der Waals surface area (Å²) in [4.78, 5) is 24.7. The summed E-state index contributed by atoms with van der Waals surface area (Å²) >= 11 is 0. The second-order valence-corrected chi connectivity index (χ2v) is 6.45. The van der Waals surface area contributed by atoms with Crippen molar-refractivity contribution in [3.8, 4) is 0 Å². The molecule has 2 N–H and O–H groups in total. The number of hydrogen-bond acceptors (Lipinski definition) is 3. The highest BCUT2D eigenvalue weighted by Crippen LogP contribution is 2.30. The fourth-order valence-corrected chi connectivity index (χ4v) is 3.23. The average molecular weight is 297 g/mol. The Morgan fingerprint density at radius 2 is 1.71 bits per heavy atom. The van der Waals surface area contributed by atoms with Crippen LogP contribution in [0, 0.1) is 11.3 Å². The van der Waals surface area contributed by atoms with Gasteiger partial charge in [-0.3, -0.25) is 14.5 Å². The van der Waals surface area contributed by atoms with Gasteiger partial charge in [-0.15, -0.1) is 6.58 Å². The summed E-state index contributed by atoms with van der Waals surface area (Å²) in [5.41, 5.74) is -1.69. The fourth-order valence-electron chi connectivity index (χ4n) is 3.23. The van der Waals surface area contributed by atoms with Crippen LogP contribution in [0.25, 0.3) is 0 Å². The van der Waals surface area contributed by atoms with E-state index in [-0.39, 0.29) is 6.42 Å². The lowest BCUT2D eigenvalue weighted by Gasteiger charge is -2.42. The number of carbonyl (C=O) groups is 2. The van der Waals surface area contributed by atoms with Crippen LogP contribution in [0.5, 0.6) is 0 Å². The largest absolute Gasteiger partial charge is 0.480 e. The Hall–Kier alpha value is -1.36. The summed E-state index contributed by atoms with van der Waals surface area (Å²) in [7, 11) is 0. The SMILES string of the molecule is C=CC1CC(C)N(CCCC(C)(C(=O)O)C(=O)O)C(C)C1. The third-order valence-electron chi connectivity index (χ3n) is 4.79. The molecule has 0 aliphatic carbocycles. The maximum absolute atomic E-state index is 11.1. The number of hydrogen-bond donors (Lipinski definition) is 2. The van der Waals surface area contributed by atoms with E-state index in [1.807, 2.05) is 6.08 Å². The van der Waals surface area contributed by atoms with Crippen LogP contribution >= 0.6 is 0 Å². The molecule has 2 atom stereocenters. The van der Waals surface area contributed by atoms with Crippen molar-refractivity contribution in [2.75, 3.05) is 6.54 Å². The van der Waals surface area contributed by atoms with Crippen LogP contribution in [0.15, 0.2) is 12.7 Å². The summed E-state index contributed by atoms with van der Waals surface area (Å²) in [5, 5.41) is 18.2. The molecule has 1 fully saturated rings. The van der Waals surface area contributed by atoms with Gasteiger partial charge in [0.2, 0.25) is 0 Å². The molecular weight excluding hydrogens is 270 g/mol. The topological polar surface area (TPSA) is 77.8 Å². The summed E-state index contributed by atoms with van der Waals surface area (Å²) in [6.07, 6.45) is 4.85. The lowest BCUT2D eigenvalue weighted by atomic mass is 9.84. The smallest absolute Gasteiger partial charge is 0.320 e. The fraction of sp³-hybridized carbons (Fsp3) is 0.750. The zero-order valence-electron chi connectivity index (χ0n) is 13.2. The quantitative estimate of drug-likeness (QED) is 0.558. The molecule has 0 aromatic heterocycles. The zero-order chi connectivity index (χ0) is 16.2. The van der Waals surface area contributed by atoms with Crippen LogP contribution in [0.4, 0.5) is 0 Å². The third-order valence-corrected chi connectivity index (χ3v) is 4.79. The van der Waals surface area contributed by atoms with Crippen LogP contribution < -0.4 is 0 Å². The molecule has 0 aromatic rings. The Morgan fingerprint density at radius 3 is 2.10 bits per heavy atom.